The molecule has 4 N–H and O–H groups in total. The summed E-state index contributed by atoms with van der Waals surface area (Å²) in [6, 6.07) is 1.67. The molecular formula is C11H16N2O3S. The van der Waals surface area contributed by atoms with Gasteiger partial charge in [0.1, 0.15) is 5.75 Å². The molecule has 94 valence electrons. The summed E-state index contributed by atoms with van der Waals surface area (Å²) in [7, 11) is 1.56. The second-order valence-electron chi connectivity index (χ2n) is 3.55. The minimum Gasteiger partial charge on any atom is -0.494 e. The largest absolute Gasteiger partial charge is 0.494 e. The summed E-state index contributed by atoms with van der Waals surface area (Å²) in [6.45, 7) is 2.53. The van der Waals surface area contributed by atoms with E-state index in [4.69, 9.17) is 25.7 Å². The van der Waals surface area contributed by atoms with Crippen LogP contribution in [0.1, 0.15) is 6.92 Å². The molecule has 0 saturated heterocycles. The van der Waals surface area contributed by atoms with E-state index in [1.807, 2.05) is 6.92 Å². The Bertz CT molecular complexity index is 426. The van der Waals surface area contributed by atoms with Crippen molar-refractivity contribution in [3.8, 4) is 11.5 Å². The first-order valence-electron chi connectivity index (χ1n) is 5.34. The van der Waals surface area contributed by atoms with Gasteiger partial charge in [-0.1, -0.05) is 0 Å². The van der Waals surface area contributed by atoms with E-state index in [2.05, 4.69) is 0 Å². The molecule has 1 aromatic carbocycles. The molecule has 1 atom stereocenters. The molecule has 0 aliphatic carbocycles. The van der Waals surface area contributed by atoms with Gasteiger partial charge in [-0.25, -0.2) is 0 Å². The van der Waals surface area contributed by atoms with Crippen molar-refractivity contribution in [2.45, 2.75) is 18.1 Å². The van der Waals surface area contributed by atoms with Gasteiger partial charge in [0.25, 0.3) is 0 Å². The van der Waals surface area contributed by atoms with Crippen LogP contribution in [0.15, 0.2) is 11.0 Å². The Morgan fingerprint density at radius 3 is 2.94 bits per heavy atom. The van der Waals surface area contributed by atoms with Crippen LogP contribution in [-0.2, 0) is 4.74 Å². The van der Waals surface area contributed by atoms with Crippen LogP contribution >= 0.6 is 11.8 Å². The highest BCUT2D eigenvalue weighted by atomic mass is 32.2. The number of fused-ring (bicyclic) bond motifs is 1. The van der Waals surface area contributed by atoms with Crippen LogP contribution in [0.2, 0.25) is 0 Å². The van der Waals surface area contributed by atoms with Crippen LogP contribution in [-0.4, -0.2) is 25.8 Å². The van der Waals surface area contributed by atoms with Gasteiger partial charge in [0.15, 0.2) is 5.75 Å². The number of anilines is 2. The molecule has 2 rings (SSSR count). The number of nitrogen functional groups attached to an aromatic ring is 2. The summed E-state index contributed by atoms with van der Waals surface area (Å²) in [5.41, 5.74) is 13.0. The minimum atomic E-state index is -0.271. The molecule has 1 aromatic rings. The lowest BCUT2D eigenvalue weighted by atomic mass is 10.2. The quantitative estimate of drug-likeness (QED) is 0.801. The van der Waals surface area contributed by atoms with Crippen molar-refractivity contribution in [1.29, 1.82) is 0 Å². The Labute approximate surface area is 104 Å². The van der Waals surface area contributed by atoms with Crippen LogP contribution in [0.4, 0.5) is 11.4 Å². The lowest BCUT2D eigenvalue weighted by molar-refractivity contribution is -0.0609. The molecule has 0 aromatic heterocycles. The first-order valence-corrected chi connectivity index (χ1v) is 6.33. The molecule has 0 saturated carbocycles. The maximum Gasteiger partial charge on any atom is 0.209 e. The highest BCUT2D eigenvalue weighted by Crippen LogP contribution is 2.47. The van der Waals surface area contributed by atoms with E-state index in [0.29, 0.717) is 35.2 Å². The molecule has 0 fully saturated rings. The van der Waals surface area contributed by atoms with Crippen molar-refractivity contribution < 1.29 is 14.2 Å². The summed E-state index contributed by atoms with van der Waals surface area (Å²) in [4.78, 5) is 0.831. The van der Waals surface area contributed by atoms with E-state index in [9.17, 15) is 0 Å². The third-order valence-corrected chi connectivity index (χ3v) is 3.58. The second-order valence-corrected chi connectivity index (χ2v) is 4.58. The number of benzene rings is 1. The van der Waals surface area contributed by atoms with Gasteiger partial charge in [-0.15, -0.1) is 11.8 Å². The van der Waals surface area contributed by atoms with E-state index in [-0.39, 0.29) is 6.29 Å². The summed E-state index contributed by atoms with van der Waals surface area (Å²) < 4.78 is 16.3. The highest BCUT2D eigenvalue weighted by molar-refractivity contribution is 7.99. The van der Waals surface area contributed by atoms with Crippen molar-refractivity contribution in [3.05, 3.63) is 6.07 Å². The summed E-state index contributed by atoms with van der Waals surface area (Å²) >= 11 is 1.57. The topological polar surface area (TPSA) is 79.7 Å². The predicted octanol–water partition coefficient (Wildman–Crippen LogP) is 1.71. The Kier molecular flexibility index (Phi) is 3.54. The maximum absolute atomic E-state index is 5.98. The van der Waals surface area contributed by atoms with Crippen molar-refractivity contribution in [2.24, 2.45) is 0 Å². The smallest absolute Gasteiger partial charge is 0.209 e. The standard InChI is InChI=1S/C11H16N2O3S/c1-3-15-8-5-17-11-9(13)7(14-2)4-6(12)10(11)16-8/h4,8H,3,5,12-13H2,1-2H3. The average molecular weight is 256 g/mol. The minimum absolute atomic E-state index is 0.271. The zero-order valence-electron chi connectivity index (χ0n) is 9.86. The predicted molar refractivity (Wildman–Crippen MR) is 68.6 cm³/mol. The Hall–Kier alpha value is -1.27. The maximum atomic E-state index is 5.98. The fourth-order valence-electron chi connectivity index (χ4n) is 1.67. The molecule has 6 heteroatoms. The van der Waals surface area contributed by atoms with E-state index in [1.165, 1.54) is 0 Å². The number of hydrogen-bond donors (Lipinski definition) is 2. The number of nitrogens with two attached hydrogens (primary N) is 2. The summed E-state index contributed by atoms with van der Waals surface area (Å²) in [6.07, 6.45) is -0.271. The number of rotatable bonds is 3. The van der Waals surface area contributed by atoms with Crippen LogP contribution in [0.3, 0.4) is 0 Å². The summed E-state index contributed by atoms with van der Waals surface area (Å²) in [5.74, 6) is 1.86. The molecule has 5 nitrogen and oxygen atoms in total. The normalized spacial score (nSPS) is 18.4. The molecule has 1 unspecified atom stereocenters. The summed E-state index contributed by atoms with van der Waals surface area (Å²) in [5, 5.41) is 0. The monoisotopic (exact) mass is 256 g/mol. The van der Waals surface area contributed by atoms with E-state index < -0.39 is 0 Å². The van der Waals surface area contributed by atoms with Crippen LogP contribution in [0, 0.1) is 0 Å². The lowest BCUT2D eigenvalue weighted by Crippen LogP contribution is -2.27. The molecular weight excluding hydrogens is 240 g/mol. The van der Waals surface area contributed by atoms with Crippen molar-refractivity contribution in [2.75, 3.05) is 30.9 Å². The average Bonchev–Trinajstić information content (AvgIpc) is 2.34. The van der Waals surface area contributed by atoms with Crippen LogP contribution in [0.5, 0.6) is 11.5 Å². The van der Waals surface area contributed by atoms with Gasteiger partial charge in [-0.2, -0.15) is 0 Å². The van der Waals surface area contributed by atoms with Gasteiger partial charge in [-0.3, -0.25) is 0 Å². The molecule has 0 amide bonds. The molecule has 17 heavy (non-hydrogen) atoms. The van der Waals surface area contributed by atoms with E-state index in [0.717, 1.165) is 4.90 Å². The van der Waals surface area contributed by atoms with Gasteiger partial charge < -0.3 is 25.7 Å². The number of ether oxygens (including phenoxy) is 3. The third-order valence-electron chi connectivity index (χ3n) is 2.45. The van der Waals surface area contributed by atoms with Crippen LogP contribution in [0.25, 0.3) is 0 Å². The molecule has 1 aliphatic heterocycles. The SMILES string of the molecule is CCOC1CSc2c(N)c(OC)cc(N)c2O1. The van der Waals surface area contributed by atoms with E-state index in [1.54, 1.807) is 24.9 Å². The first-order chi connectivity index (χ1) is 8.17. The van der Waals surface area contributed by atoms with Crippen molar-refractivity contribution in [1.82, 2.24) is 0 Å². The van der Waals surface area contributed by atoms with E-state index >= 15 is 0 Å². The number of thioether (sulfide) groups is 1. The second kappa shape index (κ2) is 4.93. The van der Waals surface area contributed by atoms with Crippen LogP contribution < -0.4 is 20.9 Å². The van der Waals surface area contributed by atoms with Crippen molar-refractivity contribution in [3.63, 3.8) is 0 Å². The Morgan fingerprint density at radius 1 is 1.53 bits per heavy atom. The fourth-order valence-corrected chi connectivity index (χ4v) is 2.69. The molecule has 1 heterocycles. The molecule has 1 aliphatic rings. The van der Waals surface area contributed by atoms with Gasteiger partial charge >= 0.3 is 0 Å². The third kappa shape index (κ3) is 2.23. The molecule has 0 spiro atoms. The van der Waals surface area contributed by atoms with Gasteiger partial charge in [-0.05, 0) is 6.92 Å². The van der Waals surface area contributed by atoms with Gasteiger partial charge in [0.05, 0.1) is 29.1 Å². The van der Waals surface area contributed by atoms with Gasteiger partial charge in [0, 0.05) is 12.7 Å². The fraction of sp³-hybridized carbons (Fsp3) is 0.455. The van der Waals surface area contributed by atoms with Crippen molar-refractivity contribution >= 4 is 23.1 Å². The number of methoxy groups -OCH3 is 1. The lowest BCUT2D eigenvalue weighted by Gasteiger charge is -2.27. The number of hydrogen-bond acceptors (Lipinski definition) is 6. The van der Waals surface area contributed by atoms with Gasteiger partial charge in [0.2, 0.25) is 6.29 Å². The Morgan fingerprint density at radius 2 is 2.29 bits per heavy atom. The molecule has 0 bridgehead atoms. The highest BCUT2D eigenvalue weighted by Gasteiger charge is 2.26. The molecule has 0 radical (unpaired) electrons. The zero-order chi connectivity index (χ0) is 12.4. The Balaban J connectivity index is 2.36. The first kappa shape index (κ1) is 12.2. The zero-order valence-corrected chi connectivity index (χ0v) is 10.7.